The number of pyridine rings is 1. The molecule has 1 aliphatic rings. The Morgan fingerprint density at radius 3 is 2.95 bits per heavy atom. The van der Waals surface area contributed by atoms with Gasteiger partial charge in [-0.1, -0.05) is 29.4 Å². The maximum Gasteiger partial charge on any atom is 0.246 e. The highest BCUT2D eigenvalue weighted by Crippen LogP contribution is 2.25. The molecule has 6 nitrogen and oxygen atoms in total. The Labute approximate surface area is 133 Å². The first kappa shape index (κ1) is 14.9. The summed E-state index contributed by atoms with van der Waals surface area (Å²) in [4.78, 5) is 8.87. The van der Waals surface area contributed by atoms with Crippen molar-refractivity contribution in [2.45, 2.75) is 6.04 Å². The van der Waals surface area contributed by atoms with E-state index in [9.17, 15) is 0 Å². The summed E-state index contributed by atoms with van der Waals surface area (Å²) in [5.74, 6) is 1.05. The first-order valence-corrected chi connectivity index (χ1v) is 6.91. The third kappa shape index (κ3) is 2.68. The average Bonchev–Trinajstić information content (AvgIpc) is 3.05. The molecule has 1 fully saturated rings. The van der Waals surface area contributed by atoms with Crippen LogP contribution in [0.3, 0.4) is 0 Å². The number of fused-ring (bicyclic) bond motifs is 1. The van der Waals surface area contributed by atoms with Crippen molar-refractivity contribution in [2.24, 2.45) is 0 Å². The Morgan fingerprint density at radius 2 is 2.09 bits per heavy atom. The number of nitrogens with one attached hydrogen (secondary N) is 1. The summed E-state index contributed by atoms with van der Waals surface area (Å²) in [6.07, 6.45) is 1.76. The molecular formula is C15H15ClN4O2. The van der Waals surface area contributed by atoms with Crippen LogP contribution in [0.25, 0.3) is 22.3 Å². The lowest BCUT2D eigenvalue weighted by Gasteiger charge is -2.20. The normalized spacial score (nSPS) is 18.1. The number of benzene rings is 1. The lowest BCUT2D eigenvalue weighted by molar-refractivity contribution is 0.0659. The molecule has 1 atom stereocenters. The van der Waals surface area contributed by atoms with Gasteiger partial charge in [-0.25, -0.2) is 0 Å². The molecule has 7 heteroatoms. The molecule has 3 heterocycles. The number of nitrogens with zero attached hydrogens (tertiary/aromatic N) is 3. The van der Waals surface area contributed by atoms with Crippen LogP contribution in [-0.2, 0) is 4.74 Å². The Hall–Kier alpha value is -2.02. The van der Waals surface area contributed by atoms with E-state index < -0.39 is 0 Å². The highest BCUT2D eigenvalue weighted by molar-refractivity contribution is 5.92. The van der Waals surface area contributed by atoms with Gasteiger partial charge in [-0.05, 0) is 11.5 Å². The van der Waals surface area contributed by atoms with E-state index in [4.69, 9.17) is 9.26 Å². The molecular weight excluding hydrogens is 304 g/mol. The SMILES string of the molecule is Cl.c1ccc2c(-c3noc(C4COCCN4)n3)nccc2c1. The van der Waals surface area contributed by atoms with Crippen LogP contribution in [0, 0.1) is 0 Å². The minimum Gasteiger partial charge on any atom is -0.378 e. The molecule has 114 valence electrons. The zero-order chi connectivity index (χ0) is 14.1. The third-order valence-corrected chi connectivity index (χ3v) is 3.55. The predicted octanol–water partition coefficient (Wildman–Crippen LogP) is 2.37. The number of hydrogen-bond donors (Lipinski definition) is 1. The zero-order valence-corrected chi connectivity index (χ0v) is 12.5. The van der Waals surface area contributed by atoms with Crippen molar-refractivity contribution in [1.82, 2.24) is 20.4 Å². The molecule has 1 unspecified atom stereocenters. The number of morpholine rings is 1. The summed E-state index contributed by atoms with van der Waals surface area (Å²) < 4.78 is 10.8. The van der Waals surface area contributed by atoms with Crippen LogP contribution in [0.2, 0.25) is 0 Å². The van der Waals surface area contributed by atoms with Crippen LogP contribution in [0.1, 0.15) is 11.9 Å². The van der Waals surface area contributed by atoms with Crippen molar-refractivity contribution in [3.05, 3.63) is 42.4 Å². The molecule has 1 aliphatic heterocycles. The molecule has 2 aromatic heterocycles. The fraction of sp³-hybridized carbons (Fsp3) is 0.267. The third-order valence-electron chi connectivity index (χ3n) is 3.55. The molecule has 0 bridgehead atoms. The van der Waals surface area contributed by atoms with Crippen LogP contribution in [0.5, 0.6) is 0 Å². The number of aromatic nitrogens is 3. The van der Waals surface area contributed by atoms with E-state index >= 15 is 0 Å². The average molecular weight is 319 g/mol. The fourth-order valence-corrected chi connectivity index (χ4v) is 2.49. The quantitative estimate of drug-likeness (QED) is 0.782. The largest absolute Gasteiger partial charge is 0.378 e. The highest BCUT2D eigenvalue weighted by Gasteiger charge is 2.22. The minimum atomic E-state index is -0.0463. The van der Waals surface area contributed by atoms with Crippen LogP contribution in [0.15, 0.2) is 41.1 Å². The summed E-state index contributed by atoms with van der Waals surface area (Å²) in [5, 5.41) is 9.48. The van der Waals surface area contributed by atoms with E-state index in [1.165, 1.54) is 0 Å². The van der Waals surface area contributed by atoms with Crippen molar-refractivity contribution in [3.8, 4) is 11.5 Å². The molecule has 0 spiro atoms. The predicted molar refractivity (Wildman–Crippen MR) is 83.8 cm³/mol. The molecule has 0 radical (unpaired) electrons. The molecule has 0 amide bonds. The summed E-state index contributed by atoms with van der Waals surface area (Å²) >= 11 is 0. The van der Waals surface area contributed by atoms with Gasteiger partial charge in [0.2, 0.25) is 11.7 Å². The number of hydrogen-bond acceptors (Lipinski definition) is 6. The summed E-state index contributed by atoms with van der Waals surface area (Å²) in [6.45, 7) is 2.04. The second-order valence-corrected chi connectivity index (χ2v) is 4.92. The van der Waals surface area contributed by atoms with Crippen LogP contribution in [0.4, 0.5) is 0 Å². The van der Waals surface area contributed by atoms with Crippen molar-refractivity contribution in [2.75, 3.05) is 19.8 Å². The molecule has 0 saturated carbocycles. The van der Waals surface area contributed by atoms with Gasteiger partial charge in [0.15, 0.2) is 0 Å². The maximum absolute atomic E-state index is 5.42. The van der Waals surface area contributed by atoms with Gasteiger partial charge in [-0.2, -0.15) is 4.98 Å². The molecule has 4 rings (SSSR count). The standard InChI is InChI=1S/C15H14N4O2.ClH/c1-2-4-11-10(3-1)5-6-17-13(11)14-18-15(21-19-14)12-9-20-8-7-16-12;/h1-6,12,16H,7-9H2;1H. The molecule has 22 heavy (non-hydrogen) atoms. The van der Waals surface area contributed by atoms with E-state index in [2.05, 4.69) is 20.4 Å². The molecule has 3 aromatic rings. The van der Waals surface area contributed by atoms with Gasteiger partial charge < -0.3 is 14.6 Å². The van der Waals surface area contributed by atoms with Gasteiger partial charge in [-0.3, -0.25) is 4.98 Å². The Balaban J connectivity index is 0.00000144. The van der Waals surface area contributed by atoms with Gasteiger partial charge >= 0.3 is 0 Å². The first-order chi connectivity index (χ1) is 10.4. The lowest BCUT2D eigenvalue weighted by atomic mass is 10.1. The number of ether oxygens (including phenoxy) is 1. The Morgan fingerprint density at radius 1 is 1.18 bits per heavy atom. The molecule has 1 aromatic carbocycles. The number of halogens is 1. The minimum absolute atomic E-state index is 0. The van der Waals surface area contributed by atoms with Gasteiger partial charge in [-0.15, -0.1) is 12.4 Å². The van der Waals surface area contributed by atoms with E-state index in [1.807, 2.05) is 30.3 Å². The van der Waals surface area contributed by atoms with Crippen LogP contribution < -0.4 is 5.32 Å². The van der Waals surface area contributed by atoms with E-state index in [-0.39, 0.29) is 18.4 Å². The Bertz CT molecular complexity index is 766. The monoisotopic (exact) mass is 318 g/mol. The summed E-state index contributed by atoms with van der Waals surface area (Å²) in [6, 6.07) is 9.95. The smallest absolute Gasteiger partial charge is 0.246 e. The van der Waals surface area contributed by atoms with Crippen molar-refractivity contribution < 1.29 is 9.26 Å². The van der Waals surface area contributed by atoms with Gasteiger partial charge in [0.05, 0.1) is 13.2 Å². The second kappa shape index (κ2) is 6.39. The van der Waals surface area contributed by atoms with Crippen molar-refractivity contribution in [1.29, 1.82) is 0 Å². The topological polar surface area (TPSA) is 73.1 Å². The summed E-state index contributed by atoms with van der Waals surface area (Å²) in [7, 11) is 0. The molecule has 1 saturated heterocycles. The van der Waals surface area contributed by atoms with Gasteiger partial charge in [0, 0.05) is 18.1 Å². The zero-order valence-electron chi connectivity index (χ0n) is 11.7. The second-order valence-electron chi connectivity index (χ2n) is 4.92. The van der Waals surface area contributed by atoms with E-state index in [0.717, 1.165) is 23.0 Å². The number of rotatable bonds is 2. The summed E-state index contributed by atoms with van der Waals surface area (Å²) in [5.41, 5.74) is 0.736. The molecule has 1 N–H and O–H groups in total. The van der Waals surface area contributed by atoms with E-state index in [1.54, 1.807) is 6.20 Å². The highest BCUT2D eigenvalue weighted by atomic mass is 35.5. The maximum atomic E-state index is 5.42. The van der Waals surface area contributed by atoms with Gasteiger partial charge in [0.1, 0.15) is 11.7 Å². The molecule has 0 aliphatic carbocycles. The Kier molecular flexibility index (Phi) is 4.33. The van der Waals surface area contributed by atoms with E-state index in [0.29, 0.717) is 24.9 Å². The van der Waals surface area contributed by atoms with Crippen molar-refractivity contribution in [3.63, 3.8) is 0 Å². The lowest BCUT2D eigenvalue weighted by Crippen LogP contribution is -2.34. The van der Waals surface area contributed by atoms with Gasteiger partial charge in [0.25, 0.3) is 0 Å². The van der Waals surface area contributed by atoms with Crippen LogP contribution >= 0.6 is 12.4 Å². The van der Waals surface area contributed by atoms with Crippen LogP contribution in [-0.4, -0.2) is 34.9 Å². The fourth-order valence-electron chi connectivity index (χ4n) is 2.49. The first-order valence-electron chi connectivity index (χ1n) is 6.91. The van der Waals surface area contributed by atoms with Crippen molar-refractivity contribution >= 4 is 23.2 Å².